The van der Waals surface area contributed by atoms with Crippen LogP contribution in [0.3, 0.4) is 0 Å². The maximum absolute atomic E-state index is 4.48. The Morgan fingerprint density at radius 3 is 2.60 bits per heavy atom. The Labute approximate surface area is 126 Å². The molecule has 1 aliphatic heterocycles. The Balaban J connectivity index is 1.83. The minimum absolute atomic E-state index is 0.306. The van der Waals surface area contributed by atoms with E-state index < -0.39 is 0 Å². The molecule has 0 aromatic carbocycles. The van der Waals surface area contributed by atoms with Gasteiger partial charge in [0, 0.05) is 28.6 Å². The summed E-state index contributed by atoms with van der Waals surface area (Å²) >= 11 is 2.07. The van der Waals surface area contributed by atoms with Gasteiger partial charge in [-0.05, 0) is 45.0 Å². The number of nitrogens with zero attached hydrogens (tertiary/aromatic N) is 2. The van der Waals surface area contributed by atoms with Crippen molar-refractivity contribution >= 4 is 11.8 Å². The van der Waals surface area contributed by atoms with Gasteiger partial charge in [0.15, 0.2) is 0 Å². The average Bonchev–Trinajstić information content (AvgIpc) is 3.10. The van der Waals surface area contributed by atoms with E-state index in [1.807, 2.05) is 0 Å². The van der Waals surface area contributed by atoms with E-state index >= 15 is 0 Å². The van der Waals surface area contributed by atoms with Crippen LogP contribution in [0.15, 0.2) is 12.5 Å². The predicted octanol–water partition coefficient (Wildman–Crippen LogP) is 3.20. The summed E-state index contributed by atoms with van der Waals surface area (Å²) in [5, 5.41) is 3.48. The third-order valence-corrected chi connectivity index (χ3v) is 6.85. The molecule has 112 valence electrons. The van der Waals surface area contributed by atoms with E-state index in [9.17, 15) is 0 Å². The highest BCUT2D eigenvalue weighted by Crippen LogP contribution is 2.42. The van der Waals surface area contributed by atoms with Crippen molar-refractivity contribution in [2.45, 2.75) is 62.2 Å². The van der Waals surface area contributed by atoms with E-state index in [0.29, 0.717) is 10.2 Å². The molecule has 3 nitrogen and oxygen atoms in total. The molecule has 4 heteroatoms. The number of hydrogen-bond donors (Lipinski definition) is 1. The summed E-state index contributed by atoms with van der Waals surface area (Å²) in [5.41, 5.74) is 1.76. The molecular weight excluding hydrogens is 266 g/mol. The van der Waals surface area contributed by atoms with E-state index in [1.54, 1.807) is 0 Å². The van der Waals surface area contributed by atoms with Crippen LogP contribution < -0.4 is 5.32 Å². The molecule has 2 heterocycles. The van der Waals surface area contributed by atoms with Crippen molar-refractivity contribution in [2.75, 3.05) is 19.3 Å². The second-order valence-electron chi connectivity index (χ2n) is 6.81. The van der Waals surface area contributed by atoms with Crippen molar-refractivity contribution < 1.29 is 0 Å². The molecule has 0 atom stereocenters. The van der Waals surface area contributed by atoms with Crippen LogP contribution in [0.1, 0.15) is 51.1 Å². The molecule has 1 aromatic rings. The minimum Gasteiger partial charge on any atom is -0.333 e. The van der Waals surface area contributed by atoms with Crippen molar-refractivity contribution in [1.29, 1.82) is 0 Å². The number of imidazole rings is 1. The summed E-state index contributed by atoms with van der Waals surface area (Å²) in [5.74, 6) is 0. The molecule has 0 radical (unpaired) electrons. The van der Waals surface area contributed by atoms with Gasteiger partial charge in [0.2, 0.25) is 0 Å². The van der Waals surface area contributed by atoms with Crippen LogP contribution in [0.2, 0.25) is 0 Å². The van der Waals surface area contributed by atoms with Crippen molar-refractivity contribution in [3.63, 3.8) is 0 Å². The minimum atomic E-state index is 0.306. The number of nitrogens with one attached hydrogen (secondary N) is 1. The number of piperidine rings is 1. The summed E-state index contributed by atoms with van der Waals surface area (Å²) < 4.78 is 2.92. The second-order valence-corrected chi connectivity index (χ2v) is 8.09. The van der Waals surface area contributed by atoms with Gasteiger partial charge in [-0.3, -0.25) is 0 Å². The van der Waals surface area contributed by atoms with Crippen LogP contribution in [-0.4, -0.2) is 33.6 Å². The molecule has 3 rings (SSSR count). The molecule has 0 spiro atoms. The smallest absolute Gasteiger partial charge is 0.0948 e. The number of aromatic nitrogens is 2. The van der Waals surface area contributed by atoms with Crippen LogP contribution in [-0.2, 0) is 12.0 Å². The Morgan fingerprint density at radius 2 is 1.95 bits per heavy atom. The highest BCUT2D eigenvalue weighted by Gasteiger charge is 2.37. The average molecular weight is 293 g/mol. The molecule has 1 saturated carbocycles. The Morgan fingerprint density at radius 1 is 1.25 bits per heavy atom. The van der Waals surface area contributed by atoms with Crippen LogP contribution in [0.25, 0.3) is 0 Å². The fourth-order valence-corrected chi connectivity index (χ4v) is 4.91. The topological polar surface area (TPSA) is 29.9 Å². The zero-order valence-corrected chi connectivity index (χ0v) is 13.6. The van der Waals surface area contributed by atoms with E-state index in [-0.39, 0.29) is 0 Å². The van der Waals surface area contributed by atoms with E-state index in [4.69, 9.17) is 0 Å². The highest BCUT2D eigenvalue weighted by molar-refractivity contribution is 8.00. The molecule has 1 aromatic heterocycles. The number of rotatable bonds is 4. The molecule has 20 heavy (non-hydrogen) atoms. The van der Waals surface area contributed by atoms with Gasteiger partial charge in [0.25, 0.3) is 0 Å². The van der Waals surface area contributed by atoms with Crippen LogP contribution >= 0.6 is 11.8 Å². The number of thioether (sulfide) groups is 1. The van der Waals surface area contributed by atoms with E-state index in [2.05, 4.69) is 52.3 Å². The zero-order chi connectivity index (χ0) is 14.1. The van der Waals surface area contributed by atoms with Gasteiger partial charge >= 0.3 is 0 Å². The predicted molar refractivity (Wildman–Crippen MR) is 86.4 cm³/mol. The quantitative estimate of drug-likeness (QED) is 0.924. The van der Waals surface area contributed by atoms with Gasteiger partial charge in [0.1, 0.15) is 0 Å². The maximum Gasteiger partial charge on any atom is 0.0948 e. The lowest BCUT2D eigenvalue weighted by Crippen LogP contribution is -2.40. The van der Waals surface area contributed by atoms with E-state index in [1.165, 1.54) is 44.2 Å². The molecule has 1 aliphatic carbocycles. The molecule has 1 N–H and O–H groups in total. The van der Waals surface area contributed by atoms with Crippen LogP contribution in [0.5, 0.6) is 0 Å². The summed E-state index contributed by atoms with van der Waals surface area (Å²) in [6, 6.07) is 0. The standard InChI is InChI=1S/C16H27N3S/c1-15(7-9-17-10-8-15)14-11-18-13-19(14)12-16(20-2)5-3-4-6-16/h11,13,17H,3-10,12H2,1-2H3. The van der Waals surface area contributed by atoms with Crippen molar-refractivity contribution in [2.24, 2.45) is 0 Å². The summed E-state index contributed by atoms with van der Waals surface area (Å²) in [7, 11) is 0. The first-order chi connectivity index (χ1) is 9.68. The molecule has 2 aliphatic rings. The van der Waals surface area contributed by atoms with Gasteiger partial charge in [-0.25, -0.2) is 4.98 Å². The van der Waals surface area contributed by atoms with Gasteiger partial charge in [-0.2, -0.15) is 11.8 Å². The lowest BCUT2D eigenvalue weighted by atomic mass is 9.78. The third-order valence-electron chi connectivity index (χ3n) is 5.44. The molecule has 0 bridgehead atoms. The monoisotopic (exact) mass is 293 g/mol. The highest BCUT2D eigenvalue weighted by atomic mass is 32.2. The Bertz CT molecular complexity index is 442. The van der Waals surface area contributed by atoms with Crippen LogP contribution in [0.4, 0.5) is 0 Å². The van der Waals surface area contributed by atoms with E-state index in [0.717, 1.165) is 19.6 Å². The summed E-state index contributed by atoms with van der Waals surface area (Å²) in [4.78, 5) is 4.48. The molecule has 0 amide bonds. The first kappa shape index (κ1) is 14.5. The SMILES string of the molecule is CSC1(Cn2cncc2C2(C)CCNCC2)CCCC1. The molecule has 0 unspecified atom stereocenters. The Hall–Kier alpha value is -0.480. The fourth-order valence-electron chi connectivity index (χ4n) is 3.94. The largest absolute Gasteiger partial charge is 0.333 e. The normalized spacial score (nSPS) is 24.9. The van der Waals surface area contributed by atoms with Crippen LogP contribution in [0, 0.1) is 0 Å². The lowest BCUT2D eigenvalue weighted by Gasteiger charge is -2.36. The van der Waals surface area contributed by atoms with Gasteiger partial charge in [-0.1, -0.05) is 19.8 Å². The fraction of sp³-hybridized carbons (Fsp3) is 0.812. The van der Waals surface area contributed by atoms with Crippen molar-refractivity contribution in [1.82, 2.24) is 14.9 Å². The first-order valence-corrected chi connectivity index (χ1v) is 9.17. The summed E-state index contributed by atoms with van der Waals surface area (Å²) in [6.45, 7) is 5.83. The number of hydrogen-bond acceptors (Lipinski definition) is 3. The first-order valence-electron chi connectivity index (χ1n) is 7.94. The lowest BCUT2D eigenvalue weighted by molar-refractivity contribution is 0.312. The molecular formula is C16H27N3S. The Kier molecular flexibility index (Phi) is 4.14. The van der Waals surface area contributed by atoms with Gasteiger partial charge in [-0.15, -0.1) is 0 Å². The van der Waals surface area contributed by atoms with Crippen molar-refractivity contribution in [3.05, 3.63) is 18.2 Å². The zero-order valence-electron chi connectivity index (χ0n) is 12.8. The molecule has 2 fully saturated rings. The van der Waals surface area contributed by atoms with Gasteiger partial charge in [0.05, 0.1) is 6.33 Å². The summed E-state index contributed by atoms with van der Waals surface area (Å²) in [6.07, 6.45) is 14.4. The third kappa shape index (κ3) is 2.64. The second kappa shape index (κ2) is 5.72. The van der Waals surface area contributed by atoms with Crippen molar-refractivity contribution in [3.8, 4) is 0 Å². The molecule has 1 saturated heterocycles. The van der Waals surface area contributed by atoms with Gasteiger partial charge < -0.3 is 9.88 Å². The maximum atomic E-state index is 4.48.